The van der Waals surface area contributed by atoms with E-state index in [4.69, 9.17) is 8.94 Å². The number of rotatable bonds is 3. The molecule has 3 aromatic rings. The van der Waals surface area contributed by atoms with Crippen molar-refractivity contribution >= 4 is 6.29 Å². The van der Waals surface area contributed by atoms with Crippen molar-refractivity contribution in [3.05, 3.63) is 48.0 Å². The first-order valence-corrected chi connectivity index (χ1v) is 5.72. The van der Waals surface area contributed by atoms with Crippen LogP contribution in [0, 0.1) is 6.92 Å². The molecule has 0 saturated carbocycles. The largest absolute Gasteiger partial charge is 0.453 e. The van der Waals surface area contributed by atoms with Gasteiger partial charge in [0, 0.05) is 18.1 Å². The van der Waals surface area contributed by atoms with Crippen LogP contribution in [0.2, 0.25) is 0 Å². The molecule has 2 aromatic heterocycles. The van der Waals surface area contributed by atoms with Crippen molar-refractivity contribution in [3.63, 3.8) is 0 Å². The molecule has 1 aromatic carbocycles. The Morgan fingerprint density at radius 1 is 1.05 bits per heavy atom. The van der Waals surface area contributed by atoms with Gasteiger partial charge in [-0.05, 0) is 12.1 Å². The summed E-state index contributed by atoms with van der Waals surface area (Å²) < 4.78 is 10.3. The summed E-state index contributed by atoms with van der Waals surface area (Å²) in [6.45, 7) is 1.74. The molecule has 0 atom stereocenters. The van der Waals surface area contributed by atoms with Crippen molar-refractivity contribution in [2.45, 2.75) is 6.92 Å². The van der Waals surface area contributed by atoms with E-state index in [-0.39, 0.29) is 0 Å². The summed E-state index contributed by atoms with van der Waals surface area (Å²) in [6.07, 6.45) is 0.681. The van der Waals surface area contributed by atoms with Crippen LogP contribution in [0.25, 0.3) is 22.7 Å². The highest BCUT2D eigenvalue weighted by Gasteiger charge is 2.07. The number of aryl methyl sites for hydroxylation is 1. The highest BCUT2D eigenvalue weighted by atomic mass is 16.5. The second-order valence-corrected chi connectivity index (χ2v) is 4.03. The number of carbonyl (C=O) groups excluding carboxylic acids is 1. The fourth-order valence-corrected chi connectivity index (χ4v) is 1.77. The van der Waals surface area contributed by atoms with Gasteiger partial charge < -0.3 is 8.94 Å². The van der Waals surface area contributed by atoms with Crippen LogP contribution in [-0.4, -0.2) is 16.4 Å². The van der Waals surface area contributed by atoms with Crippen LogP contribution >= 0.6 is 0 Å². The lowest BCUT2D eigenvalue weighted by molar-refractivity contribution is 0.110. The van der Waals surface area contributed by atoms with Gasteiger partial charge in [0.25, 0.3) is 0 Å². The van der Waals surface area contributed by atoms with Crippen LogP contribution in [0.1, 0.15) is 16.4 Å². The maximum Gasteiger partial charge on any atom is 0.223 e. The van der Waals surface area contributed by atoms with Crippen molar-refractivity contribution in [2.75, 3.05) is 0 Å². The molecule has 0 aliphatic heterocycles. The van der Waals surface area contributed by atoms with Crippen LogP contribution in [-0.2, 0) is 0 Å². The molecule has 0 aliphatic carbocycles. The van der Waals surface area contributed by atoms with E-state index in [0.29, 0.717) is 29.5 Å². The van der Waals surface area contributed by atoms with E-state index in [9.17, 15) is 4.79 Å². The third-order valence-electron chi connectivity index (χ3n) is 2.70. The van der Waals surface area contributed by atoms with Crippen molar-refractivity contribution in [3.8, 4) is 22.7 Å². The van der Waals surface area contributed by atoms with E-state index in [1.165, 1.54) is 0 Å². The summed E-state index contributed by atoms with van der Waals surface area (Å²) >= 11 is 0. The molecule has 5 heteroatoms. The third-order valence-corrected chi connectivity index (χ3v) is 2.70. The molecule has 94 valence electrons. The molecule has 0 unspecified atom stereocenters. The Balaban J connectivity index is 1.92. The Kier molecular flexibility index (Phi) is 2.72. The third kappa shape index (κ3) is 2.18. The molecule has 5 nitrogen and oxygen atoms in total. The lowest BCUT2D eigenvalue weighted by Crippen LogP contribution is -1.81. The van der Waals surface area contributed by atoms with Gasteiger partial charge in [0.2, 0.25) is 11.7 Å². The van der Waals surface area contributed by atoms with E-state index in [2.05, 4.69) is 10.1 Å². The Morgan fingerprint density at radius 2 is 1.79 bits per heavy atom. The van der Waals surface area contributed by atoms with Crippen molar-refractivity contribution in [1.29, 1.82) is 0 Å². The van der Waals surface area contributed by atoms with Gasteiger partial charge in [-0.2, -0.15) is 4.98 Å². The maximum atomic E-state index is 10.6. The van der Waals surface area contributed by atoms with Crippen molar-refractivity contribution in [1.82, 2.24) is 10.1 Å². The van der Waals surface area contributed by atoms with Gasteiger partial charge in [-0.25, -0.2) is 0 Å². The van der Waals surface area contributed by atoms with E-state index >= 15 is 0 Å². The molecule has 0 aliphatic rings. The van der Waals surface area contributed by atoms with E-state index in [0.717, 1.165) is 11.1 Å². The van der Waals surface area contributed by atoms with Crippen LogP contribution in [0.5, 0.6) is 0 Å². The normalized spacial score (nSPS) is 10.6. The van der Waals surface area contributed by atoms with Crippen LogP contribution in [0.4, 0.5) is 0 Å². The highest BCUT2D eigenvalue weighted by molar-refractivity contribution is 5.73. The second kappa shape index (κ2) is 4.53. The zero-order valence-corrected chi connectivity index (χ0v) is 10.2. The fourth-order valence-electron chi connectivity index (χ4n) is 1.77. The molecule has 0 saturated heterocycles. The van der Waals surface area contributed by atoms with E-state index in [1.807, 2.05) is 24.3 Å². The number of aromatic nitrogens is 2. The van der Waals surface area contributed by atoms with Gasteiger partial charge in [-0.1, -0.05) is 29.4 Å². The van der Waals surface area contributed by atoms with Crippen LogP contribution < -0.4 is 0 Å². The van der Waals surface area contributed by atoms with E-state index < -0.39 is 0 Å². The number of benzene rings is 1. The number of carbonyl (C=O) groups is 1. The molecule has 3 rings (SSSR count). The molecule has 19 heavy (non-hydrogen) atoms. The SMILES string of the molecule is Cc1nc(-c2ccc(-c3ccc(C=O)o3)cc2)no1. The maximum absolute atomic E-state index is 10.6. The summed E-state index contributed by atoms with van der Waals surface area (Å²) in [6, 6.07) is 10.9. The molecule has 0 spiro atoms. The molecule has 0 bridgehead atoms. The standard InChI is InChI=1S/C14H10N2O3/c1-9-15-14(16-19-9)11-4-2-10(3-5-11)13-7-6-12(8-17)18-13/h2-8H,1H3. The molecular weight excluding hydrogens is 244 g/mol. The number of hydrogen-bond donors (Lipinski definition) is 0. The monoisotopic (exact) mass is 254 g/mol. The lowest BCUT2D eigenvalue weighted by Gasteiger charge is -1.98. The summed E-state index contributed by atoms with van der Waals surface area (Å²) in [7, 11) is 0. The first kappa shape index (κ1) is 11.4. The summed E-state index contributed by atoms with van der Waals surface area (Å²) in [5.41, 5.74) is 1.75. The smallest absolute Gasteiger partial charge is 0.223 e. The predicted octanol–water partition coefficient (Wildman–Crippen LogP) is 3.12. The van der Waals surface area contributed by atoms with Crippen LogP contribution in [0.15, 0.2) is 45.3 Å². The molecule has 0 fully saturated rings. The van der Waals surface area contributed by atoms with Crippen LogP contribution in [0.3, 0.4) is 0 Å². The molecular formula is C14H10N2O3. The van der Waals surface area contributed by atoms with Crippen molar-refractivity contribution < 1.29 is 13.7 Å². The molecule has 0 N–H and O–H groups in total. The summed E-state index contributed by atoms with van der Waals surface area (Å²) in [5.74, 6) is 2.05. The number of nitrogens with zero attached hydrogens (tertiary/aromatic N) is 2. The summed E-state index contributed by atoms with van der Waals surface area (Å²) in [5, 5.41) is 3.85. The average Bonchev–Trinajstić information content (AvgIpc) is 3.07. The topological polar surface area (TPSA) is 69.1 Å². The Morgan fingerprint density at radius 3 is 2.37 bits per heavy atom. The highest BCUT2D eigenvalue weighted by Crippen LogP contribution is 2.24. The van der Waals surface area contributed by atoms with E-state index in [1.54, 1.807) is 19.1 Å². The quantitative estimate of drug-likeness (QED) is 0.671. The molecule has 0 radical (unpaired) electrons. The molecule has 2 heterocycles. The Bertz CT molecular complexity index is 710. The minimum absolute atomic E-state index is 0.313. The number of furan rings is 1. The molecule has 0 amide bonds. The first-order chi connectivity index (χ1) is 9.26. The number of hydrogen-bond acceptors (Lipinski definition) is 5. The zero-order valence-electron chi connectivity index (χ0n) is 10.2. The minimum Gasteiger partial charge on any atom is -0.453 e. The van der Waals surface area contributed by atoms with Gasteiger partial charge >= 0.3 is 0 Å². The minimum atomic E-state index is 0.313. The average molecular weight is 254 g/mol. The summed E-state index contributed by atoms with van der Waals surface area (Å²) in [4.78, 5) is 14.7. The zero-order chi connectivity index (χ0) is 13.2. The van der Waals surface area contributed by atoms with Gasteiger partial charge in [0.1, 0.15) is 5.76 Å². The van der Waals surface area contributed by atoms with Crippen molar-refractivity contribution in [2.24, 2.45) is 0 Å². The second-order valence-electron chi connectivity index (χ2n) is 4.03. The van der Waals surface area contributed by atoms with Gasteiger partial charge in [-0.15, -0.1) is 0 Å². The predicted molar refractivity (Wildman–Crippen MR) is 67.6 cm³/mol. The Hall–Kier alpha value is -2.69. The van der Waals surface area contributed by atoms with Gasteiger partial charge in [-0.3, -0.25) is 4.79 Å². The lowest BCUT2D eigenvalue weighted by atomic mass is 10.1. The number of aldehydes is 1. The van der Waals surface area contributed by atoms with Gasteiger partial charge in [0.05, 0.1) is 0 Å². The fraction of sp³-hybridized carbons (Fsp3) is 0.0714. The Labute approximate surface area is 108 Å². The first-order valence-electron chi connectivity index (χ1n) is 5.72. The van der Waals surface area contributed by atoms with Gasteiger partial charge in [0.15, 0.2) is 12.0 Å².